The van der Waals surface area contributed by atoms with Crippen LogP contribution >= 0.6 is 38.5 Å². The Morgan fingerprint density at radius 2 is 2.20 bits per heavy atom. The molecule has 0 N–H and O–H groups in total. The number of hydrogen-bond donors (Lipinski definition) is 0. The second-order valence-electron chi connectivity index (χ2n) is 2.21. The Kier molecular flexibility index (Phi) is 2.67. The van der Waals surface area contributed by atoms with Crippen molar-refractivity contribution < 1.29 is 0 Å². The Balaban J connectivity index is 3.05. The molecule has 0 bridgehead atoms. The summed E-state index contributed by atoms with van der Waals surface area (Å²) in [5.41, 5.74) is 0. The number of nitrogens with zero attached hydrogens (tertiary/aromatic N) is 3. The first-order chi connectivity index (χ1) is 4.63. The quantitative estimate of drug-likeness (QED) is 0.744. The van der Waals surface area contributed by atoms with Gasteiger partial charge in [-0.2, -0.15) is 0 Å². The smallest absolute Gasteiger partial charge is 0.161 e. The zero-order chi connectivity index (χ0) is 7.72. The molecule has 3 nitrogen and oxygen atoms in total. The lowest BCUT2D eigenvalue weighted by molar-refractivity contribution is 0.503. The van der Waals surface area contributed by atoms with Crippen molar-refractivity contribution >= 4 is 38.5 Å². The lowest BCUT2D eigenvalue weighted by Crippen LogP contribution is -2.04. The molecule has 0 saturated heterocycles. The standard InChI is InChI=1S/C5H7BrIN3/c1-3(2)10-5(7)4(6)8-9-10/h3H,1-2H3. The van der Waals surface area contributed by atoms with E-state index >= 15 is 0 Å². The van der Waals surface area contributed by atoms with Crippen LogP contribution in [0.1, 0.15) is 19.9 Å². The fourth-order valence-corrected chi connectivity index (χ4v) is 1.61. The molecule has 0 aliphatic rings. The molecule has 0 aromatic carbocycles. The average molecular weight is 316 g/mol. The third kappa shape index (κ3) is 1.50. The monoisotopic (exact) mass is 315 g/mol. The second-order valence-corrected chi connectivity index (χ2v) is 3.98. The van der Waals surface area contributed by atoms with E-state index in [1.807, 2.05) is 4.68 Å². The fourth-order valence-electron chi connectivity index (χ4n) is 0.592. The van der Waals surface area contributed by atoms with Crippen LogP contribution in [0.25, 0.3) is 0 Å². The average Bonchev–Trinajstić information content (AvgIpc) is 2.14. The highest BCUT2D eigenvalue weighted by Gasteiger charge is 2.08. The molecule has 0 atom stereocenters. The molecule has 0 amide bonds. The predicted octanol–water partition coefficient (Wildman–Crippen LogP) is 2.23. The Bertz CT molecular complexity index is 233. The normalized spacial score (nSPS) is 10.9. The lowest BCUT2D eigenvalue weighted by atomic mass is 10.4. The molecule has 1 aromatic rings. The van der Waals surface area contributed by atoms with Gasteiger partial charge in [0.15, 0.2) is 4.60 Å². The summed E-state index contributed by atoms with van der Waals surface area (Å²) in [4.78, 5) is 0. The third-order valence-corrected chi connectivity index (χ3v) is 3.37. The first-order valence-corrected chi connectivity index (χ1v) is 4.76. The predicted molar refractivity (Wildman–Crippen MR) is 50.8 cm³/mol. The summed E-state index contributed by atoms with van der Waals surface area (Å²) in [7, 11) is 0. The molecule has 0 aliphatic heterocycles. The van der Waals surface area contributed by atoms with Crippen LogP contribution in [0.15, 0.2) is 4.60 Å². The summed E-state index contributed by atoms with van der Waals surface area (Å²) in [5.74, 6) is 0. The molecule has 1 heterocycles. The van der Waals surface area contributed by atoms with E-state index in [1.165, 1.54) is 0 Å². The molecule has 1 aromatic heterocycles. The molecule has 0 fully saturated rings. The summed E-state index contributed by atoms with van der Waals surface area (Å²) >= 11 is 5.49. The van der Waals surface area contributed by atoms with E-state index in [-0.39, 0.29) is 0 Å². The topological polar surface area (TPSA) is 30.7 Å². The molecule has 56 valence electrons. The summed E-state index contributed by atoms with van der Waals surface area (Å²) in [6.45, 7) is 4.15. The van der Waals surface area contributed by atoms with Crippen molar-refractivity contribution in [3.63, 3.8) is 0 Å². The molecule has 0 aliphatic carbocycles. The Labute approximate surface area is 81.5 Å². The van der Waals surface area contributed by atoms with Gasteiger partial charge in [0, 0.05) is 6.04 Å². The van der Waals surface area contributed by atoms with Crippen LogP contribution in [0, 0.1) is 3.70 Å². The highest BCUT2D eigenvalue weighted by molar-refractivity contribution is 14.1. The summed E-state index contributed by atoms with van der Waals surface area (Å²) in [6, 6.07) is 0.380. The molecular weight excluding hydrogens is 309 g/mol. The van der Waals surface area contributed by atoms with E-state index < -0.39 is 0 Å². The molecule has 0 unspecified atom stereocenters. The van der Waals surface area contributed by atoms with Crippen molar-refractivity contribution in [1.82, 2.24) is 15.0 Å². The highest BCUT2D eigenvalue weighted by atomic mass is 127. The molecular formula is C5H7BrIN3. The van der Waals surface area contributed by atoms with E-state index in [1.54, 1.807) is 0 Å². The second kappa shape index (κ2) is 3.17. The van der Waals surface area contributed by atoms with E-state index in [4.69, 9.17) is 0 Å². The van der Waals surface area contributed by atoms with Gasteiger partial charge < -0.3 is 0 Å². The van der Waals surface area contributed by atoms with Gasteiger partial charge >= 0.3 is 0 Å². The van der Waals surface area contributed by atoms with Crippen LogP contribution in [-0.2, 0) is 0 Å². The number of hydrogen-bond acceptors (Lipinski definition) is 2. The minimum Gasteiger partial charge on any atom is -0.235 e. The molecule has 0 saturated carbocycles. The Hall–Kier alpha value is 0.350. The maximum absolute atomic E-state index is 3.93. The van der Waals surface area contributed by atoms with Gasteiger partial charge in [-0.1, -0.05) is 5.21 Å². The van der Waals surface area contributed by atoms with E-state index in [0.717, 1.165) is 8.30 Å². The van der Waals surface area contributed by atoms with Gasteiger partial charge in [-0.25, -0.2) is 4.68 Å². The van der Waals surface area contributed by atoms with Crippen LogP contribution in [0.5, 0.6) is 0 Å². The lowest BCUT2D eigenvalue weighted by Gasteiger charge is -2.03. The molecule has 5 heteroatoms. The van der Waals surface area contributed by atoms with Crippen molar-refractivity contribution in [2.75, 3.05) is 0 Å². The van der Waals surface area contributed by atoms with Crippen LogP contribution in [0.2, 0.25) is 0 Å². The summed E-state index contributed by atoms with van der Waals surface area (Å²) in [5, 5.41) is 7.79. The van der Waals surface area contributed by atoms with Crippen molar-refractivity contribution in [2.45, 2.75) is 19.9 Å². The molecule has 10 heavy (non-hydrogen) atoms. The zero-order valence-electron chi connectivity index (χ0n) is 5.67. The molecule has 1 rings (SSSR count). The van der Waals surface area contributed by atoms with Gasteiger partial charge in [0.1, 0.15) is 3.70 Å². The van der Waals surface area contributed by atoms with Crippen molar-refractivity contribution in [2.24, 2.45) is 0 Å². The van der Waals surface area contributed by atoms with Gasteiger partial charge in [-0.3, -0.25) is 0 Å². The van der Waals surface area contributed by atoms with Crippen LogP contribution in [0.4, 0.5) is 0 Å². The largest absolute Gasteiger partial charge is 0.235 e. The van der Waals surface area contributed by atoms with E-state index in [9.17, 15) is 0 Å². The van der Waals surface area contributed by atoms with Gasteiger partial charge in [-0.05, 0) is 52.4 Å². The Morgan fingerprint density at radius 1 is 1.60 bits per heavy atom. The summed E-state index contributed by atoms with van der Waals surface area (Å²) in [6.07, 6.45) is 0. The number of halogens is 2. The van der Waals surface area contributed by atoms with Crippen molar-refractivity contribution in [3.05, 3.63) is 8.30 Å². The van der Waals surface area contributed by atoms with Gasteiger partial charge in [0.25, 0.3) is 0 Å². The SMILES string of the molecule is CC(C)n1nnc(Br)c1I. The first-order valence-electron chi connectivity index (χ1n) is 2.89. The zero-order valence-corrected chi connectivity index (χ0v) is 9.42. The first kappa shape index (κ1) is 8.45. The van der Waals surface area contributed by atoms with Crippen LogP contribution < -0.4 is 0 Å². The van der Waals surface area contributed by atoms with Crippen molar-refractivity contribution in [1.29, 1.82) is 0 Å². The van der Waals surface area contributed by atoms with Gasteiger partial charge in [-0.15, -0.1) is 5.10 Å². The third-order valence-electron chi connectivity index (χ3n) is 1.09. The summed E-state index contributed by atoms with van der Waals surface area (Å²) < 4.78 is 3.74. The molecule has 0 spiro atoms. The number of aromatic nitrogens is 3. The van der Waals surface area contributed by atoms with Crippen molar-refractivity contribution in [3.8, 4) is 0 Å². The van der Waals surface area contributed by atoms with Gasteiger partial charge in [0.05, 0.1) is 0 Å². The van der Waals surface area contributed by atoms with E-state index in [0.29, 0.717) is 6.04 Å². The number of rotatable bonds is 1. The van der Waals surface area contributed by atoms with Crippen LogP contribution in [-0.4, -0.2) is 15.0 Å². The molecule has 0 radical (unpaired) electrons. The minimum atomic E-state index is 0.380. The minimum absolute atomic E-state index is 0.380. The fraction of sp³-hybridized carbons (Fsp3) is 0.600. The Morgan fingerprint density at radius 3 is 2.40 bits per heavy atom. The maximum atomic E-state index is 3.93. The maximum Gasteiger partial charge on any atom is 0.161 e. The highest BCUT2D eigenvalue weighted by Crippen LogP contribution is 2.17. The van der Waals surface area contributed by atoms with Gasteiger partial charge in [0.2, 0.25) is 0 Å². The van der Waals surface area contributed by atoms with Crippen LogP contribution in [0.3, 0.4) is 0 Å². The van der Waals surface area contributed by atoms with E-state index in [2.05, 4.69) is 62.7 Å².